The molecule has 3 radical (unpaired) electrons. The summed E-state index contributed by atoms with van der Waals surface area (Å²) in [4.78, 5) is 0.333. The van der Waals surface area contributed by atoms with Gasteiger partial charge in [-0.3, -0.25) is 0 Å². The van der Waals surface area contributed by atoms with Gasteiger partial charge in [0.15, 0.2) is 0 Å². The van der Waals surface area contributed by atoms with Gasteiger partial charge in [0.25, 0.3) is 0 Å². The third-order valence-corrected chi connectivity index (χ3v) is 0. The van der Waals surface area contributed by atoms with Gasteiger partial charge < -0.3 is 0 Å². The first-order valence-electron chi connectivity index (χ1n) is 1.12. The van der Waals surface area contributed by atoms with E-state index in [0.717, 1.165) is 0 Å². The Hall–Kier alpha value is 0.567. The Kier molecular flexibility index (Phi) is 2.11. The van der Waals surface area contributed by atoms with E-state index in [0.29, 0.717) is 4.87 Å². The van der Waals surface area contributed by atoms with E-state index < -0.39 is 0 Å². The zero-order chi connectivity index (χ0) is 3.58. The highest BCUT2D eigenvalue weighted by atomic mass is 32.1. The van der Waals surface area contributed by atoms with Crippen LogP contribution in [-0.4, -0.2) is 15.1 Å². The molecule has 0 aliphatic rings. The average molecular weight is 89.2 g/mol. The summed E-state index contributed by atoms with van der Waals surface area (Å²) in [5.74, 6) is 0. The fourth-order valence-electron chi connectivity index (χ4n) is 0. The maximum absolute atomic E-state index is 3.88. The van der Waals surface area contributed by atoms with Gasteiger partial charge in [-0.1, -0.05) is 6.92 Å². The summed E-state index contributed by atoms with van der Waals surface area (Å²) in [6.45, 7) is 1.94. The molecule has 0 aliphatic carbocycles. The lowest BCUT2D eigenvalue weighted by molar-refractivity contribution is 1.42. The van der Waals surface area contributed by atoms with Crippen molar-refractivity contribution in [3.8, 4) is 0 Å². The summed E-state index contributed by atoms with van der Waals surface area (Å²) in [5.41, 5.74) is 0. The molecule has 4 heavy (non-hydrogen) atoms. The van der Waals surface area contributed by atoms with Gasteiger partial charge in [-0.15, -0.1) is 0 Å². The van der Waals surface area contributed by atoms with Gasteiger partial charge in [0.2, 0.25) is 0 Å². The van der Waals surface area contributed by atoms with Crippen molar-refractivity contribution in [2.45, 2.75) is 11.8 Å². The molecule has 0 N–H and O–H groups in total. The molecule has 0 bridgehead atoms. The molecule has 23 valence electrons. The van der Waals surface area contributed by atoms with Crippen LogP contribution in [0.4, 0.5) is 0 Å². The number of thiol groups is 1. The molecule has 1 atom stereocenters. The molecule has 0 saturated heterocycles. The minimum Gasteiger partial charge on any atom is -0.180 e. The molecule has 0 aromatic rings. The second-order valence-corrected chi connectivity index (χ2v) is 2.80. The van der Waals surface area contributed by atoms with Crippen LogP contribution in [0.3, 0.4) is 0 Å². The molecular formula is C2H5SSi. The number of hydrogen-bond acceptors (Lipinski definition) is 1. The zero-order valence-corrected chi connectivity index (χ0v) is 4.42. The van der Waals surface area contributed by atoms with E-state index in [1.165, 1.54) is 0 Å². The Morgan fingerprint density at radius 3 is 2.00 bits per heavy atom. The van der Waals surface area contributed by atoms with Crippen molar-refractivity contribution in [3.05, 3.63) is 0 Å². The van der Waals surface area contributed by atoms with Gasteiger partial charge in [0.05, 0.1) is 0 Å². The first-order chi connectivity index (χ1) is 1.73. The molecule has 0 amide bonds. The van der Waals surface area contributed by atoms with Crippen molar-refractivity contribution in [1.82, 2.24) is 0 Å². The average Bonchev–Trinajstić information content (AvgIpc) is 0.811. The van der Waals surface area contributed by atoms with Gasteiger partial charge in [-0.2, -0.15) is 12.6 Å². The third-order valence-electron chi connectivity index (χ3n) is 0. The third kappa shape index (κ3) is 19.6. The zero-order valence-electron chi connectivity index (χ0n) is 2.52. The molecular weight excluding hydrogens is 84.2 g/mol. The van der Waals surface area contributed by atoms with Crippen molar-refractivity contribution >= 4 is 22.9 Å². The normalized spacial score (nSPS) is 15.8. The van der Waals surface area contributed by atoms with Gasteiger partial charge in [-0.05, 0) is 4.87 Å². The monoisotopic (exact) mass is 89.0 g/mol. The lowest BCUT2D eigenvalue weighted by Crippen LogP contribution is -1.82. The van der Waals surface area contributed by atoms with Crippen LogP contribution in [0.15, 0.2) is 0 Å². The van der Waals surface area contributed by atoms with Gasteiger partial charge in [0.1, 0.15) is 0 Å². The highest BCUT2D eigenvalue weighted by Crippen LogP contribution is 1.77. The quantitative estimate of drug-likeness (QED) is 0.323. The molecule has 0 heterocycles. The van der Waals surface area contributed by atoms with Crippen LogP contribution in [-0.2, 0) is 0 Å². The molecule has 2 heteroatoms. The molecule has 0 rings (SSSR count). The molecule has 0 nitrogen and oxygen atoms in total. The Morgan fingerprint density at radius 1 is 2.00 bits per heavy atom. The molecule has 0 aliphatic heterocycles. The van der Waals surface area contributed by atoms with Crippen molar-refractivity contribution in [2.75, 3.05) is 0 Å². The van der Waals surface area contributed by atoms with Crippen LogP contribution in [0, 0.1) is 0 Å². The highest BCUT2D eigenvalue weighted by molar-refractivity contribution is 7.82. The highest BCUT2D eigenvalue weighted by Gasteiger charge is 1.70. The summed E-state index contributed by atoms with van der Waals surface area (Å²) in [6, 6.07) is 0. The predicted octanol–water partition coefficient (Wildman–Crippen LogP) is 0.431. The van der Waals surface area contributed by atoms with Crippen LogP contribution in [0.2, 0.25) is 0 Å². The summed E-state index contributed by atoms with van der Waals surface area (Å²) in [7, 11) is 3.18. The van der Waals surface area contributed by atoms with Gasteiger partial charge >= 0.3 is 0 Å². The van der Waals surface area contributed by atoms with E-state index in [4.69, 9.17) is 0 Å². The van der Waals surface area contributed by atoms with E-state index in [-0.39, 0.29) is 0 Å². The molecule has 0 spiro atoms. The fraction of sp³-hybridized carbons (Fsp3) is 1.00. The predicted molar refractivity (Wildman–Crippen MR) is 24.2 cm³/mol. The largest absolute Gasteiger partial charge is 0.180 e. The SMILES string of the molecule is CC([Si])S. The van der Waals surface area contributed by atoms with Gasteiger partial charge in [-0.25, -0.2) is 0 Å². The maximum atomic E-state index is 3.88. The second-order valence-electron chi connectivity index (χ2n) is 0.676. The fourth-order valence-corrected chi connectivity index (χ4v) is 0. The van der Waals surface area contributed by atoms with E-state index >= 15 is 0 Å². The smallest absolute Gasteiger partial charge is 0.0407 e. The Balaban J connectivity index is 2.32. The van der Waals surface area contributed by atoms with Crippen LogP contribution >= 0.6 is 12.6 Å². The topological polar surface area (TPSA) is 0 Å². The minimum absolute atomic E-state index is 0.333. The van der Waals surface area contributed by atoms with Crippen molar-refractivity contribution in [3.63, 3.8) is 0 Å². The van der Waals surface area contributed by atoms with Crippen molar-refractivity contribution in [2.24, 2.45) is 0 Å². The van der Waals surface area contributed by atoms with E-state index in [1.807, 2.05) is 6.92 Å². The molecule has 0 saturated carbocycles. The Bertz CT molecular complexity index is 10.8. The Morgan fingerprint density at radius 2 is 2.00 bits per heavy atom. The second kappa shape index (κ2) is 1.85. The van der Waals surface area contributed by atoms with E-state index in [1.54, 1.807) is 0 Å². The van der Waals surface area contributed by atoms with Crippen LogP contribution in [0.25, 0.3) is 0 Å². The van der Waals surface area contributed by atoms with Crippen molar-refractivity contribution in [1.29, 1.82) is 0 Å². The van der Waals surface area contributed by atoms with Crippen molar-refractivity contribution < 1.29 is 0 Å². The molecule has 1 unspecified atom stereocenters. The molecule has 0 fully saturated rings. The maximum Gasteiger partial charge on any atom is 0.0407 e. The standard InChI is InChI=1S/C2H5SSi/c1-2(3)4/h2-3H,1H3. The van der Waals surface area contributed by atoms with E-state index in [9.17, 15) is 0 Å². The minimum atomic E-state index is 0.333. The van der Waals surface area contributed by atoms with Crippen LogP contribution in [0.1, 0.15) is 6.92 Å². The lowest BCUT2D eigenvalue weighted by atomic mass is 11.0. The van der Waals surface area contributed by atoms with E-state index in [2.05, 4.69) is 22.9 Å². The number of hydrogen-bond donors (Lipinski definition) is 1. The summed E-state index contributed by atoms with van der Waals surface area (Å²) >= 11 is 3.88. The lowest BCUT2D eigenvalue weighted by Gasteiger charge is -1.77. The van der Waals surface area contributed by atoms with Crippen LogP contribution in [0.5, 0.6) is 0 Å². The molecule has 0 aromatic carbocycles. The number of rotatable bonds is 0. The Labute approximate surface area is 35.4 Å². The molecule has 0 aromatic heterocycles. The van der Waals surface area contributed by atoms with Gasteiger partial charge in [0, 0.05) is 10.2 Å². The first-order valence-corrected chi connectivity index (χ1v) is 2.22. The summed E-state index contributed by atoms with van der Waals surface area (Å²) in [5, 5.41) is 0. The van der Waals surface area contributed by atoms with Crippen LogP contribution < -0.4 is 0 Å². The summed E-state index contributed by atoms with van der Waals surface area (Å²) < 4.78 is 0. The summed E-state index contributed by atoms with van der Waals surface area (Å²) in [6.07, 6.45) is 0. The first kappa shape index (κ1) is 4.57.